The molecule has 0 fully saturated rings. The molecule has 0 aromatic rings. The van der Waals surface area contributed by atoms with Gasteiger partial charge in [-0.15, -0.1) is 0 Å². The molecule has 0 aromatic carbocycles. The SMILES string of the molecule is C=CC1/C=C\CCC(=O)OC(C=C)/C=C\CCC(=O)O1. The van der Waals surface area contributed by atoms with Crippen molar-refractivity contribution in [2.75, 3.05) is 0 Å². The summed E-state index contributed by atoms with van der Waals surface area (Å²) in [6, 6.07) is 0. The van der Waals surface area contributed by atoms with Gasteiger partial charge in [-0.05, 0) is 37.1 Å². The van der Waals surface area contributed by atoms with Gasteiger partial charge in [0, 0.05) is 12.8 Å². The predicted molar refractivity (Wildman–Crippen MR) is 76.9 cm³/mol. The van der Waals surface area contributed by atoms with E-state index in [2.05, 4.69) is 13.2 Å². The molecule has 0 amide bonds. The second-order valence-corrected chi connectivity index (χ2v) is 4.31. The average Bonchev–Trinajstić information content (AvgIpc) is 2.44. The molecule has 0 aliphatic carbocycles. The maximum absolute atomic E-state index is 11.6. The molecule has 0 N–H and O–H groups in total. The lowest BCUT2D eigenvalue weighted by atomic mass is 10.2. The molecule has 0 aromatic heterocycles. The van der Waals surface area contributed by atoms with E-state index in [0.717, 1.165) is 0 Å². The molecule has 4 heteroatoms. The molecule has 4 nitrogen and oxygen atoms in total. The number of allylic oxidation sites excluding steroid dienone is 2. The number of ether oxygens (including phenoxy) is 2. The first-order valence-electron chi connectivity index (χ1n) is 6.63. The third kappa shape index (κ3) is 6.18. The van der Waals surface area contributed by atoms with Crippen LogP contribution in [0.1, 0.15) is 25.7 Å². The molecular weight excluding hydrogens is 256 g/mol. The van der Waals surface area contributed by atoms with Gasteiger partial charge in [-0.1, -0.05) is 25.3 Å². The molecular formula is C16H20O4. The fourth-order valence-electron chi connectivity index (χ4n) is 1.62. The van der Waals surface area contributed by atoms with Crippen LogP contribution in [0, 0.1) is 0 Å². The van der Waals surface area contributed by atoms with Crippen molar-refractivity contribution >= 4 is 11.9 Å². The lowest BCUT2D eigenvalue weighted by Crippen LogP contribution is -2.15. The van der Waals surface area contributed by atoms with Crippen LogP contribution in [0.15, 0.2) is 49.6 Å². The van der Waals surface area contributed by atoms with E-state index < -0.39 is 12.2 Å². The van der Waals surface area contributed by atoms with E-state index in [4.69, 9.17) is 9.47 Å². The number of esters is 2. The Morgan fingerprint density at radius 3 is 1.65 bits per heavy atom. The van der Waals surface area contributed by atoms with Crippen LogP contribution in [-0.2, 0) is 19.1 Å². The second-order valence-electron chi connectivity index (χ2n) is 4.31. The van der Waals surface area contributed by atoms with Crippen LogP contribution in [0.25, 0.3) is 0 Å². The molecule has 0 radical (unpaired) electrons. The van der Waals surface area contributed by atoms with Gasteiger partial charge in [0.2, 0.25) is 0 Å². The van der Waals surface area contributed by atoms with Crippen molar-refractivity contribution in [3.05, 3.63) is 49.6 Å². The number of carbonyl (C=O) groups excluding carboxylic acids is 2. The molecule has 0 spiro atoms. The maximum Gasteiger partial charge on any atom is 0.307 e. The van der Waals surface area contributed by atoms with E-state index in [-0.39, 0.29) is 24.8 Å². The smallest absolute Gasteiger partial charge is 0.307 e. The summed E-state index contributed by atoms with van der Waals surface area (Å²) < 4.78 is 10.4. The van der Waals surface area contributed by atoms with E-state index in [1.165, 1.54) is 0 Å². The Labute approximate surface area is 119 Å². The monoisotopic (exact) mass is 276 g/mol. The fraction of sp³-hybridized carbons (Fsp3) is 0.375. The minimum absolute atomic E-state index is 0.270. The van der Waals surface area contributed by atoms with Crippen LogP contribution in [0.3, 0.4) is 0 Å². The Bertz CT molecular complexity index is 380. The highest BCUT2D eigenvalue weighted by Crippen LogP contribution is 2.07. The van der Waals surface area contributed by atoms with E-state index >= 15 is 0 Å². The van der Waals surface area contributed by atoms with Crippen LogP contribution in [0.2, 0.25) is 0 Å². The van der Waals surface area contributed by atoms with E-state index in [0.29, 0.717) is 12.8 Å². The first kappa shape index (κ1) is 16.0. The Morgan fingerprint density at radius 1 is 0.900 bits per heavy atom. The van der Waals surface area contributed by atoms with Crippen LogP contribution < -0.4 is 0 Å². The molecule has 1 rings (SSSR count). The van der Waals surface area contributed by atoms with Gasteiger partial charge in [0.25, 0.3) is 0 Å². The first-order valence-corrected chi connectivity index (χ1v) is 6.63. The van der Waals surface area contributed by atoms with Gasteiger partial charge in [0.05, 0.1) is 0 Å². The highest BCUT2D eigenvalue weighted by Gasteiger charge is 2.10. The molecule has 108 valence electrons. The van der Waals surface area contributed by atoms with Crippen molar-refractivity contribution in [3.8, 4) is 0 Å². The van der Waals surface area contributed by atoms with Crippen molar-refractivity contribution < 1.29 is 19.1 Å². The zero-order valence-electron chi connectivity index (χ0n) is 11.5. The Morgan fingerprint density at radius 2 is 1.30 bits per heavy atom. The Kier molecular flexibility index (Phi) is 7.11. The van der Waals surface area contributed by atoms with Crippen molar-refractivity contribution in [1.82, 2.24) is 0 Å². The molecule has 0 saturated heterocycles. The van der Waals surface area contributed by atoms with Gasteiger partial charge in [0.1, 0.15) is 12.2 Å². The van der Waals surface area contributed by atoms with Gasteiger partial charge in [-0.3, -0.25) is 9.59 Å². The summed E-state index contributed by atoms with van der Waals surface area (Å²) in [5.41, 5.74) is 0. The van der Waals surface area contributed by atoms with Crippen molar-refractivity contribution in [2.24, 2.45) is 0 Å². The third-order valence-electron chi connectivity index (χ3n) is 2.68. The maximum atomic E-state index is 11.6. The molecule has 20 heavy (non-hydrogen) atoms. The number of carbonyl (C=O) groups is 2. The molecule has 1 aliphatic rings. The lowest BCUT2D eigenvalue weighted by molar-refractivity contribution is -0.146. The van der Waals surface area contributed by atoms with Gasteiger partial charge < -0.3 is 9.47 Å². The molecule has 2 atom stereocenters. The van der Waals surface area contributed by atoms with E-state index in [1.54, 1.807) is 36.5 Å². The van der Waals surface area contributed by atoms with E-state index in [1.807, 2.05) is 0 Å². The zero-order valence-corrected chi connectivity index (χ0v) is 11.5. The normalized spacial score (nSPS) is 28.4. The summed E-state index contributed by atoms with van der Waals surface area (Å²) in [4.78, 5) is 23.2. The minimum Gasteiger partial charge on any atom is -0.454 e. The Hall–Kier alpha value is -2.10. The summed E-state index contributed by atoms with van der Waals surface area (Å²) in [6.45, 7) is 7.22. The average molecular weight is 276 g/mol. The number of rotatable bonds is 2. The predicted octanol–water partition coefficient (Wildman–Crippen LogP) is 2.87. The Balaban J connectivity index is 2.71. The standard InChI is InChI=1S/C16H20O4/c1-3-13-9-5-7-12-16(18)20-14(4-2)10-6-8-11-15(17)19-13/h3-6,9-10,13-14H,1-2,7-8,11-12H2/b9-5-,10-6-. The first-order chi connectivity index (χ1) is 9.65. The lowest BCUT2D eigenvalue weighted by Gasteiger charge is -2.12. The van der Waals surface area contributed by atoms with Crippen LogP contribution in [0.5, 0.6) is 0 Å². The summed E-state index contributed by atoms with van der Waals surface area (Å²) in [6.07, 6.45) is 10.8. The van der Waals surface area contributed by atoms with Gasteiger partial charge in [-0.25, -0.2) is 0 Å². The second kappa shape index (κ2) is 8.91. The minimum atomic E-state index is -0.452. The summed E-state index contributed by atoms with van der Waals surface area (Å²) in [7, 11) is 0. The van der Waals surface area contributed by atoms with Gasteiger partial charge >= 0.3 is 11.9 Å². The quantitative estimate of drug-likeness (QED) is 0.575. The third-order valence-corrected chi connectivity index (χ3v) is 2.68. The van der Waals surface area contributed by atoms with Gasteiger partial charge in [0.15, 0.2) is 0 Å². The summed E-state index contributed by atoms with van der Waals surface area (Å²) in [5.74, 6) is -0.568. The number of cyclic esters (lactones) is 2. The zero-order chi connectivity index (χ0) is 14.8. The summed E-state index contributed by atoms with van der Waals surface area (Å²) in [5, 5.41) is 0. The highest BCUT2D eigenvalue weighted by molar-refractivity contribution is 5.70. The fourth-order valence-corrected chi connectivity index (χ4v) is 1.62. The largest absolute Gasteiger partial charge is 0.454 e. The van der Waals surface area contributed by atoms with Crippen LogP contribution >= 0.6 is 0 Å². The molecule has 0 bridgehead atoms. The topological polar surface area (TPSA) is 52.6 Å². The van der Waals surface area contributed by atoms with E-state index in [9.17, 15) is 9.59 Å². The molecule has 1 aliphatic heterocycles. The molecule has 2 unspecified atom stereocenters. The van der Waals surface area contributed by atoms with Crippen molar-refractivity contribution in [2.45, 2.75) is 37.9 Å². The highest BCUT2D eigenvalue weighted by atomic mass is 16.5. The molecule has 1 heterocycles. The van der Waals surface area contributed by atoms with Crippen molar-refractivity contribution in [1.29, 1.82) is 0 Å². The van der Waals surface area contributed by atoms with Gasteiger partial charge in [-0.2, -0.15) is 0 Å². The molecule has 0 saturated carbocycles. The van der Waals surface area contributed by atoms with Crippen molar-refractivity contribution in [3.63, 3.8) is 0 Å². The van der Waals surface area contributed by atoms with Crippen LogP contribution in [0.4, 0.5) is 0 Å². The van der Waals surface area contributed by atoms with Crippen LogP contribution in [-0.4, -0.2) is 24.1 Å². The number of hydrogen-bond acceptors (Lipinski definition) is 4. The number of hydrogen-bond donors (Lipinski definition) is 0. The summed E-state index contributed by atoms with van der Waals surface area (Å²) >= 11 is 0.